The number of nitrogens with zero attached hydrogens (tertiary/aromatic N) is 1. The van der Waals surface area contributed by atoms with Crippen LogP contribution in [0.25, 0.3) is 0 Å². The zero-order chi connectivity index (χ0) is 19.6. The number of hydrogen-bond acceptors (Lipinski definition) is 5. The highest BCUT2D eigenvalue weighted by molar-refractivity contribution is 5.95. The molecule has 1 aliphatic rings. The van der Waals surface area contributed by atoms with E-state index in [1.165, 1.54) is 0 Å². The predicted molar refractivity (Wildman–Crippen MR) is 111 cm³/mol. The molecule has 1 aliphatic heterocycles. The average molecular weight is 412 g/mol. The second-order valence-electron chi connectivity index (χ2n) is 6.46. The summed E-state index contributed by atoms with van der Waals surface area (Å²) in [6, 6.07) is 5.15. The fourth-order valence-electron chi connectivity index (χ4n) is 3.17. The van der Waals surface area contributed by atoms with Crippen LogP contribution in [-0.4, -0.2) is 56.1 Å². The van der Waals surface area contributed by atoms with Gasteiger partial charge in [0, 0.05) is 37.7 Å². The Labute approximate surface area is 172 Å². The number of methoxy groups -OCH3 is 1. The summed E-state index contributed by atoms with van der Waals surface area (Å²) in [6.07, 6.45) is 4.81. The fraction of sp³-hybridized carbons (Fsp3) is 0.500. The van der Waals surface area contributed by atoms with Crippen molar-refractivity contribution in [3.8, 4) is 11.5 Å². The molecule has 2 amide bonds. The van der Waals surface area contributed by atoms with E-state index in [0.717, 1.165) is 19.3 Å². The minimum atomic E-state index is -0.0825. The second kappa shape index (κ2) is 12.3. The van der Waals surface area contributed by atoms with Crippen molar-refractivity contribution in [2.24, 2.45) is 5.73 Å². The van der Waals surface area contributed by atoms with Crippen LogP contribution in [0.1, 0.15) is 36.0 Å². The van der Waals surface area contributed by atoms with Gasteiger partial charge >= 0.3 is 0 Å². The molecule has 0 aromatic heterocycles. The van der Waals surface area contributed by atoms with Gasteiger partial charge in [0.1, 0.15) is 6.61 Å². The molecular formula is C20H30ClN3O4. The number of nitrogens with one attached hydrogen (secondary N) is 1. The number of nitrogens with two attached hydrogens (primary N) is 1. The Balaban J connectivity index is 0.00000392. The largest absolute Gasteiger partial charge is 0.493 e. The third-order valence-electron chi connectivity index (χ3n) is 4.56. The summed E-state index contributed by atoms with van der Waals surface area (Å²) in [7, 11) is 1.54. The van der Waals surface area contributed by atoms with Crippen LogP contribution >= 0.6 is 12.4 Å². The molecule has 3 N–H and O–H groups in total. The second-order valence-corrected chi connectivity index (χ2v) is 6.46. The van der Waals surface area contributed by atoms with Gasteiger partial charge in [0.2, 0.25) is 5.91 Å². The Morgan fingerprint density at radius 1 is 1.36 bits per heavy atom. The molecule has 1 atom stereocenters. The van der Waals surface area contributed by atoms with E-state index in [-0.39, 0.29) is 30.3 Å². The molecule has 1 saturated heterocycles. The van der Waals surface area contributed by atoms with Gasteiger partial charge in [0.25, 0.3) is 5.91 Å². The fourth-order valence-corrected chi connectivity index (χ4v) is 3.17. The lowest BCUT2D eigenvalue weighted by Gasteiger charge is -2.36. The van der Waals surface area contributed by atoms with E-state index in [9.17, 15) is 9.59 Å². The van der Waals surface area contributed by atoms with Crippen molar-refractivity contribution in [3.05, 3.63) is 36.4 Å². The maximum absolute atomic E-state index is 13.1. The first-order valence-corrected chi connectivity index (χ1v) is 9.30. The zero-order valence-corrected chi connectivity index (χ0v) is 17.1. The smallest absolute Gasteiger partial charge is 0.254 e. The van der Waals surface area contributed by atoms with Crippen LogP contribution in [0.5, 0.6) is 11.5 Å². The number of benzene rings is 1. The number of amides is 2. The first-order chi connectivity index (χ1) is 13.1. The number of halogens is 1. The van der Waals surface area contributed by atoms with E-state index in [4.69, 9.17) is 15.2 Å². The highest BCUT2D eigenvalue weighted by Gasteiger charge is 2.28. The van der Waals surface area contributed by atoms with Crippen LogP contribution in [-0.2, 0) is 4.79 Å². The molecule has 1 aromatic rings. The van der Waals surface area contributed by atoms with Crippen molar-refractivity contribution < 1.29 is 19.1 Å². The van der Waals surface area contributed by atoms with Crippen LogP contribution in [0.15, 0.2) is 30.9 Å². The summed E-state index contributed by atoms with van der Waals surface area (Å²) in [4.78, 5) is 26.6. The standard InChI is InChI=1S/C20H29N3O4.ClH/c1-3-12-27-17-8-7-15(13-18(17)26-2)20(25)23-11-5-4-6-16(23)14-22-19(24)9-10-21;/h3,7-8,13,16H,1,4-6,9-12,14,21H2,2H3,(H,22,24);1H. The van der Waals surface area contributed by atoms with Crippen LogP contribution < -0.4 is 20.5 Å². The number of carbonyl (C=O) groups is 2. The van der Waals surface area contributed by atoms with Gasteiger partial charge in [-0.3, -0.25) is 9.59 Å². The maximum atomic E-state index is 13.1. The molecular weight excluding hydrogens is 382 g/mol. The molecule has 0 radical (unpaired) electrons. The maximum Gasteiger partial charge on any atom is 0.254 e. The number of piperidine rings is 1. The zero-order valence-electron chi connectivity index (χ0n) is 16.3. The van der Waals surface area contributed by atoms with Gasteiger partial charge in [-0.25, -0.2) is 0 Å². The summed E-state index contributed by atoms with van der Waals surface area (Å²) in [5, 5.41) is 2.88. The number of likely N-dealkylation sites (tertiary alicyclic amines) is 1. The number of hydrogen-bond donors (Lipinski definition) is 2. The van der Waals surface area contributed by atoms with Gasteiger partial charge in [-0.1, -0.05) is 12.7 Å². The van der Waals surface area contributed by atoms with Gasteiger partial charge in [0.05, 0.1) is 7.11 Å². The summed E-state index contributed by atoms with van der Waals surface area (Å²) >= 11 is 0. The minimum Gasteiger partial charge on any atom is -0.493 e. The summed E-state index contributed by atoms with van der Waals surface area (Å²) in [5.74, 6) is 0.924. The van der Waals surface area contributed by atoms with Crippen molar-refractivity contribution in [1.82, 2.24) is 10.2 Å². The molecule has 8 heteroatoms. The van der Waals surface area contributed by atoms with Gasteiger partial charge in [-0.2, -0.15) is 0 Å². The first-order valence-electron chi connectivity index (χ1n) is 9.30. The van der Waals surface area contributed by atoms with E-state index in [0.29, 0.717) is 49.7 Å². The lowest BCUT2D eigenvalue weighted by atomic mass is 10.0. The molecule has 1 heterocycles. The Morgan fingerprint density at radius 3 is 2.82 bits per heavy atom. The van der Waals surface area contributed by atoms with Crippen LogP contribution in [0.3, 0.4) is 0 Å². The van der Waals surface area contributed by atoms with E-state index in [2.05, 4.69) is 11.9 Å². The lowest BCUT2D eigenvalue weighted by Crippen LogP contribution is -2.49. The molecule has 0 bridgehead atoms. The predicted octanol–water partition coefficient (Wildman–Crippen LogP) is 2.14. The monoisotopic (exact) mass is 411 g/mol. The van der Waals surface area contributed by atoms with E-state index in [1.54, 1.807) is 31.4 Å². The lowest BCUT2D eigenvalue weighted by molar-refractivity contribution is -0.121. The summed E-state index contributed by atoms with van der Waals surface area (Å²) < 4.78 is 10.9. The number of rotatable bonds is 9. The SMILES string of the molecule is C=CCOc1ccc(C(=O)N2CCCCC2CNC(=O)CCN)cc1OC.Cl. The van der Waals surface area contributed by atoms with Crippen molar-refractivity contribution in [1.29, 1.82) is 0 Å². The Bertz CT molecular complexity index is 669. The van der Waals surface area contributed by atoms with E-state index >= 15 is 0 Å². The third-order valence-corrected chi connectivity index (χ3v) is 4.56. The molecule has 156 valence electrons. The Hall–Kier alpha value is -2.25. The molecule has 0 saturated carbocycles. The molecule has 2 rings (SSSR count). The van der Waals surface area contributed by atoms with E-state index in [1.807, 2.05) is 4.90 Å². The van der Waals surface area contributed by atoms with Crippen LogP contribution in [0, 0.1) is 0 Å². The van der Waals surface area contributed by atoms with Gasteiger partial charge < -0.3 is 25.4 Å². The molecule has 1 aromatic carbocycles. The molecule has 28 heavy (non-hydrogen) atoms. The normalized spacial score (nSPS) is 15.9. The highest BCUT2D eigenvalue weighted by atomic mass is 35.5. The molecule has 1 unspecified atom stereocenters. The number of carbonyl (C=O) groups excluding carboxylic acids is 2. The Morgan fingerprint density at radius 2 is 2.14 bits per heavy atom. The van der Waals surface area contributed by atoms with Crippen molar-refractivity contribution >= 4 is 24.2 Å². The molecule has 7 nitrogen and oxygen atoms in total. The van der Waals surface area contributed by atoms with Crippen molar-refractivity contribution in [3.63, 3.8) is 0 Å². The van der Waals surface area contributed by atoms with Crippen molar-refractivity contribution in [2.45, 2.75) is 31.7 Å². The summed E-state index contributed by atoms with van der Waals surface area (Å²) in [6.45, 7) is 5.43. The average Bonchev–Trinajstić information content (AvgIpc) is 2.70. The van der Waals surface area contributed by atoms with Gasteiger partial charge in [-0.05, 0) is 37.5 Å². The summed E-state index contributed by atoms with van der Waals surface area (Å²) in [5.41, 5.74) is 5.95. The molecule has 0 aliphatic carbocycles. The third kappa shape index (κ3) is 6.42. The van der Waals surface area contributed by atoms with E-state index < -0.39 is 0 Å². The topological polar surface area (TPSA) is 93.9 Å². The van der Waals surface area contributed by atoms with Gasteiger partial charge in [-0.15, -0.1) is 12.4 Å². The molecule has 0 spiro atoms. The highest BCUT2D eigenvalue weighted by Crippen LogP contribution is 2.29. The van der Waals surface area contributed by atoms with Crippen molar-refractivity contribution in [2.75, 3.05) is 33.4 Å². The number of ether oxygens (including phenoxy) is 2. The molecule has 1 fully saturated rings. The van der Waals surface area contributed by atoms with Crippen LogP contribution in [0.2, 0.25) is 0 Å². The minimum absolute atomic E-state index is 0. The quantitative estimate of drug-likeness (QED) is 0.607. The van der Waals surface area contributed by atoms with Crippen LogP contribution in [0.4, 0.5) is 0 Å². The first kappa shape index (κ1) is 23.8. The van der Waals surface area contributed by atoms with Gasteiger partial charge in [0.15, 0.2) is 11.5 Å². The Kier molecular flexibility index (Phi) is 10.4.